The van der Waals surface area contributed by atoms with E-state index < -0.39 is 21.2 Å². The Labute approximate surface area is 190 Å². The minimum absolute atomic E-state index is 0.150. The summed E-state index contributed by atoms with van der Waals surface area (Å²) in [6.07, 6.45) is 1.56. The predicted molar refractivity (Wildman–Crippen MR) is 124 cm³/mol. The number of nitro benzene ring substituents is 2. The van der Waals surface area contributed by atoms with Crippen molar-refractivity contribution in [1.29, 1.82) is 0 Å². The summed E-state index contributed by atoms with van der Waals surface area (Å²) in [5.41, 5.74) is 3.49. The van der Waals surface area contributed by atoms with Gasteiger partial charge in [0.05, 0.1) is 39.5 Å². The van der Waals surface area contributed by atoms with Gasteiger partial charge >= 0.3 is 5.69 Å². The molecular weight excluding hydrogens is 450 g/mol. The number of para-hydroxylation sites is 1. The van der Waals surface area contributed by atoms with E-state index in [1.54, 1.807) is 24.4 Å². The van der Waals surface area contributed by atoms with Gasteiger partial charge in [0.2, 0.25) is 10.9 Å². The van der Waals surface area contributed by atoms with Crippen LogP contribution in [0.15, 0.2) is 65.8 Å². The monoisotopic (exact) mass is 465 g/mol. The van der Waals surface area contributed by atoms with Crippen molar-refractivity contribution in [3.05, 3.63) is 86.5 Å². The zero-order valence-corrected chi connectivity index (χ0v) is 17.8. The maximum Gasteiger partial charge on any atom is 0.318 e. The van der Waals surface area contributed by atoms with E-state index in [2.05, 4.69) is 15.5 Å². The number of rotatable bonds is 8. The van der Waals surface area contributed by atoms with Gasteiger partial charge in [-0.2, -0.15) is 5.10 Å². The van der Waals surface area contributed by atoms with Crippen molar-refractivity contribution in [2.75, 3.05) is 12.5 Å². The Morgan fingerprint density at radius 2 is 1.79 bits per heavy atom. The molecule has 0 fully saturated rings. The van der Waals surface area contributed by atoms with Crippen molar-refractivity contribution in [3.63, 3.8) is 0 Å². The summed E-state index contributed by atoms with van der Waals surface area (Å²) >= 11 is 1.47. The van der Waals surface area contributed by atoms with E-state index in [4.69, 9.17) is 9.47 Å². The molecule has 0 aliphatic rings. The van der Waals surface area contributed by atoms with Gasteiger partial charge in [-0.3, -0.25) is 25.7 Å². The molecule has 0 amide bonds. The molecule has 4 aromatic rings. The van der Waals surface area contributed by atoms with Crippen LogP contribution < -0.4 is 14.9 Å². The summed E-state index contributed by atoms with van der Waals surface area (Å²) in [7, 11) is 1.42. The number of hydrogen-bond donors (Lipinski definition) is 1. The molecule has 0 saturated carbocycles. The minimum Gasteiger partial charge on any atom is -0.493 e. The molecule has 166 valence electrons. The molecule has 3 aromatic carbocycles. The number of nitrogens with one attached hydrogen (secondary N) is 1. The van der Waals surface area contributed by atoms with Crippen LogP contribution in [-0.2, 0) is 0 Å². The molecule has 0 atom stereocenters. The Bertz CT molecular complexity index is 1350. The topological polar surface area (TPSA) is 142 Å². The summed E-state index contributed by atoms with van der Waals surface area (Å²) in [5.74, 6) is 0.347. The van der Waals surface area contributed by atoms with Gasteiger partial charge in [0.1, 0.15) is 0 Å². The highest BCUT2D eigenvalue weighted by Gasteiger charge is 2.22. The largest absolute Gasteiger partial charge is 0.493 e. The third-order valence-corrected chi connectivity index (χ3v) is 5.37. The molecule has 0 saturated heterocycles. The molecule has 0 bridgehead atoms. The minimum atomic E-state index is -0.746. The second-order valence-electron chi connectivity index (χ2n) is 6.54. The number of nitrogens with zero attached hydrogens (tertiary/aromatic N) is 4. The first-order chi connectivity index (χ1) is 15.9. The van der Waals surface area contributed by atoms with Gasteiger partial charge in [-0.25, -0.2) is 4.98 Å². The average molecular weight is 465 g/mol. The lowest BCUT2D eigenvalue weighted by molar-refractivity contribution is -0.394. The molecule has 1 heterocycles. The summed E-state index contributed by atoms with van der Waals surface area (Å²) < 4.78 is 12.0. The molecule has 0 aliphatic carbocycles. The Morgan fingerprint density at radius 3 is 2.52 bits per heavy atom. The first kappa shape index (κ1) is 21.6. The Kier molecular flexibility index (Phi) is 6.09. The third kappa shape index (κ3) is 4.85. The zero-order valence-electron chi connectivity index (χ0n) is 17.0. The zero-order chi connectivity index (χ0) is 23.4. The summed E-state index contributed by atoms with van der Waals surface area (Å²) in [6.45, 7) is 0. The first-order valence-electron chi connectivity index (χ1n) is 9.38. The number of hydrazone groups is 1. The second-order valence-corrected chi connectivity index (χ2v) is 7.57. The number of hydrogen-bond acceptors (Lipinski definition) is 10. The maximum atomic E-state index is 11.3. The standard InChI is InChI=1S/C21H15N5O6S/c1-31-19-10-13(12-22-24-21-23-15-4-2-3-5-20(15)33-21)6-8-18(19)32-17-9-7-14(25(27)28)11-16(17)26(29)30/h2-12H,1H3,(H,23,24)/b22-12+. The fraction of sp³-hybridized carbons (Fsp3) is 0.0476. The number of benzene rings is 3. The molecule has 0 unspecified atom stereocenters. The summed E-state index contributed by atoms with van der Waals surface area (Å²) in [4.78, 5) is 25.2. The van der Waals surface area contributed by atoms with Crippen molar-refractivity contribution < 1.29 is 19.3 Å². The Balaban J connectivity index is 1.52. The molecule has 4 rings (SSSR count). The average Bonchev–Trinajstić information content (AvgIpc) is 3.22. The molecule has 1 N–H and O–H groups in total. The maximum absolute atomic E-state index is 11.3. The van der Waals surface area contributed by atoms with Crippen LogP contribution in [0.3, 0.4) is 0 Å². The van der Waals surface area contributed by atoms with Crippen molar-refractivity contribution >= 4 is 44.3 Å². The SMILES string of the molecule is COc1cc(/C=N/Nc2nc3ccccc3s2)ccc1Oc1ccc([N+](=O)[O-])cc1[N+](=O)[O-]. The molecule has 12 heteroatoms. The van der Waals surface area contributed by atoms with Crippen LogP contribution in [0.4, 0.5) is 16.5 Å². The number of thiazole rings is 1. The summed E-state index contributed by atoms with van der Waals surface area (Å²) in [5, 5.41) is 27.1. The highest BCUT2D eigenvalue weighted by Crippen LogP contribution is 2.38. The fourth-order valence-electron chi connectivity index (χ4n) is 2.90. The van der Waals surface area contributed by atoms with Gasteiger partial charge in [-0.15, -0.1) is 0 Å². The van der Waals surface area contributed by atoms with Gasteiger partial charge in [-0.1, -0.05) is 23.5 Å². The van der Waals surface area contributed by atoms with Crippen LogP contribution >= 0.6 is 11.3 Å². The van der Waals surface area contributed by atoms with Crippen molar-refractivity contribution in [2.24, 2.45) is 5.10 Å². The Hall–Kier alpha value is -4.58. The normalized spacial score (nSPS) is 10.9. The van der Waals surface area contributed by atoms with Crippen LogP contribution in [0.1, 0.15) is 5.56 Å². The first-order valence-corrected chi connectivity index (χ1v) is 10.2. The van der Waals surface area contributed by atoms with Crippen LogP contribution in [0.5, 0.6) is 17.2 Å². The third-order valence-electron chi connectivity index (χ3n) is 4.43. The predicted octanol–water partition coefficient (Wildman–Crippen LogP) is 5.36. The lowest BCUT2D eigenvalue weighted by Crippen LogP contribution is -1.98. The number of nitro groups is 2. The highest BCUT2D eigenvalue weighted by atomic mass is 32.1. The second kappa shape index (κ2) is 9.28. The lowest BCUT2D eigenvalue weighted by Gasteiger charge is -2.11. The van der Waals surface area contributed by atoms with Crippen LogP contribution in [0, 0.1) is 20.2 Å². The van der Waals surface area contributed by atoms with Gasteiger partial charge in [-0.05, 0) is 42.0 Å². The summed E-state index contributed by atoms with van der Waals surface area (Å²) in [6, 6.07) is 15.8. The van der Waals surface area contributed by atoms with Gasteiger partial charge < -0.3 is 9.47 Å². The number of anilines is 1. The molecular formula is C21H15N5O6S. The number of fused-ring (bicyclic) bond motifs is 1. The van der Waals surface area contributed by atoms with Crippen molar-refractivity contribution in [2.45, 2.75) is 0 Å². The van der Waals surface area contributed by atoms with Gasteiger partial charge in [0, 0.05) is 6.07 Å². The van der Waals surface area contributed by atoms with E-state index in [0.29, 0.717) is 16.4 Å². The van der Waals surface area contributed by atoms with E-state index in [1.165, 1.54) is 24.5 Å². The van der Waals surface area contributed by atoms with Crippen molar-refractivity contribution in [3.8, 4) is 17.2 Å². The number of ether oxygens (including phenoxy) is 2. The van der Waals surface area contributed by atoms with E-state index >= 15 is 0 Å². The van der Waals surface area contributed by atoms with Gasteiger partial charge in [0.25, 0.3) is 5.69 Å². The van der Waals surface area contributed by atoms with Gasteiger partial charge in [0.15, 0.2) is 11.5 Å². The van der Waals surface area contributed by atoms with E-state index in [9.17, 15) is 20.2 Å². The highest BCUT2D eigenvalue weighted by molar-refractivity contribution is 7.22. The number of aromatic nitrogens is 1. The molecule has 33 heavy (non-hydrogen) atoms. The van der Waals surface area contributed by atoms with Crippen LogP contribution in [0.2, 0.25) is 0 Å². The lowest BCUT2D eigenvalue weighted by atomic mass is 10.2. The molecule has 1 aromatic heterocycles. The molecule has 11 nitrogen and oxygen atoms in total. The smallest absolute Gasteiger partial charge is 0.318 e. The number of methoxy groups -OCH3 is 1. The molecule has 0 radical (unpaired) electrons. The molecule has 0 spiro atoms. The van der Waals surface area contributed by atoms with Crippen LogP contribution in [0.25, 0.3) is 10.2 Å². The number of non-ortho nitro benzene ring substituents is 1. The fourth-order valence-corrected chi connectivity index (χ4v) is 3.71. The molecule has 0 aliphatic heterocycles. The quantitative estimate of drug-likeness (QED) is 0.208. The van der Waals surface area contributed by atoms with Crippen molar-refractivity contribution in [1.82, 2.24) is 4.98 Å². The van der Waals surface area contributed by atoms with E-state index in [1.807, 2.05) is 24.3 Å². The van der Waals surface area contributed by atoms with Crippen LogP contribution in [-0.4, -0.2) is 28.2 Å². The van der Waals surface area contributed by atoms with E-state index in [0.717, 1.165) is 22.3 Å². The van der Waals surface area contributed by atoms with E-state index in [-0.39, 0.29) is 11.5 Å². The Morgan fingerprint density at radius 1 is 1.00 bits per heavy atom.